The monoisotopic (exact) mass is 454 g/mol. The number of nitrogens with one attached hydrogen (secondary N) is 2. The van der Waals surface area contributed by atoms with Crippen molar-refractivity contribution in [2.75, 3.05) is 33.9 Å². The molecule has 1 heterocycles. The van der Waals surface area contributed by atoms with E-state index in [4.69, 9.17) is 26.8 Å². The molecule has 1 aliphatic heterocycles. The minimum absolute atomic E-state index is 0.0251. The molecule has 1 fully saturated rings. The number of hydrogen-bond acceptors (Lipinski definition) is 6. The predicted octanol–water partition coefficient (Wildman–Crippen LogP) is 1.08. The number of piperidine rings is 1. The van der Waals surface area contributed by atoms with Crippen molar-refractivity contribution in [3.05, 3.63) is 34.9 Å². The van der Waals surface area contributed by atoms with Crippen LogP contribution in [0.25, 0.3) is 0 Å². The summed E-state index contributed by atoms with van der Waals surface area (Å²) >= 11 is 6.01. The van der Waals surface area contributed by atoms with E-state index in [1.54, 1.807) is 11.9 Å². The van der Waals surface area contributed by atoms with E-state index >= 15 is 0 Å². The van der Waals surface area contributed by atoms with Crippen molar-refractivity contribution in [1.82, 2.24) is 15.5 Å². The molecule has 172 valence electrons. The standard InChI is InChI=1S/C21H31ClN4O5/c1-14(31-20(23)29)18(27)25-17(12-30-3)19(28)26(2)21(9-4-10-24-13-21)11-15-5-7-16(22)8-6-15/h5-8,14,17,24H,4,9-13H2,1-3H3,(H2,23,29)(H,25,27)/t14-,17-,21+/m0/s1. The second-order valence-electron chi connectivity index (χ2n) is 7.80. The summed E-state index contributed by atoms with van der Waals surface area (Å²) in [6.07, 6.45) is 0.156. The van der Waals surface area contributed by atoms with Crippen LogP contribution < -0.4 is 16.4 Å². The number of nitrogens with zero attached hydrogens (tertiary/aromatic N) is 1. The Hall–Kier alpha value is -2.36. The third-order valence-corrected chi connectivity index (χ3v) is 5.80. The molecule has 0 saturated carbocycles. The summed E-state index contributed by atoms with van der Waals surface area (Å²) in [5.41, 5.74) is 5.55. The summed E-state index contributed by atoms with van der Waals surface area (Å²) < 4.78 is 9.86. The number of likely N-dealkylation sites (N-methyl/N-ethyl adjacent to an activating group) is 1. The highest BCUT2D eigenvalue weighted by molar-refractivity contribution is 6.30. The molecule has 0 aromatic heterocycles. The Morgan fingerprint density at radius 2 is 2.00 bits per heavy atom. The van der Waals surface area contributed by atoms with Gasteiger partial charge in [-0.15, -0.1) is 0 Å². The minimum atomic E-state index is -1.13. The third-order valence-electron chi connectivity index (χ3n) is 5.55. The van der Waals surface area contributed by atoms with Gasteiger partial charge in [-0.3, -0.25) is 9.59 Å². The molecule has 1 aliphatic rings. The maximum absolute atomic E-state index is 13.4. The van der Waals surface area contributed by atoms with Crippen molar-refractivity contribution in [2.45, 2.75) is 43.9 Å². The van der Waals surface area contributed by atoms with Crippen molar-refractivity contribution >= 4 is 29.5 Å². The molecular weight excluding hydrogens is 424 g/mol. The second kappa shape index (κ2) is 11.3. The Balaban J connectivity index is 2.20. The summed E-state index contributed by atoms with van der Waals surface area (Å²) in [7, 11) is 3.19. The van der Waals surface area contributed by atoms with Gasteiger partial charge in [0, 0.05) is 25.7 Å². The molecule has 4 N–H and O–H groups in total. The number of primary amides is 1. The molecule has 9 nitrogen and oxygen atoms in total. The van der Waals surface area contributed by atoms with E-state index in [9.17, 15) is 14.4 Å². The number of nitrogens with two attached hydrogens (primary N) is 1. The zero-order valence-corrected chi connectivity index (χ0v) is 18.9. The van der Waals surface area contributed by atoms with Crippen LogP contribution in [-0.4, -0.2) is 74.3 Å². The van der Waals surface area contributed by atoms with E-state index in [2.05, 4.69) is 10.6 Å². The van der Waals surface area contributed by atoms with Gasteiger partial charge in [-0.1, -0.05) is 23.7 Å². The van der Waals surface area contributed by atoms with Gasteiger partial charge in [-0.05, 0) is 50.4 Å². The first kappa shape index (κ1) is 24.9. The fraction of sp³-hybridized carbons (Fsp3) is 0.571. The van der Waals surface area contributed by atoms with Crippen LogP contribution in [-0.2, 0) is 25.5 Å². The average Bonchev–Trinajstić information content (AvgIpc) is 2.74. The van der Waals surface area contributed by atoms with Crippen LogP contribution in [0.5, 0.6) is 0 Å². The van der Waals surface area contributed by atoms with Crippen molar-refractivity contribution in [3.63, 3.8) is 0 Å². The van der Waals surface area contributed by atoms with Crippen LogP contribution in [0.3, 0.4) is 0 Å². The van der Waals surface area contributed by atoms with Crippen LogP contribution in [0.1, 0.15) is 25.3 Å². The molecule has 10 heteroatoms. The summed E-state index contributed by atoms with van der Waals surface area (Å²) in [4.78, 5) is 38.4. The second-order valence-corrected chi connectivity index (χ2v) is 8.24. The highest BCUT2D eigenvalue weighted by Crippen LogP contribution is 2.29. The summed E-state index contributed by atoms with van der Waals surface area (Å²) in [6.45, 7) is 2.85. The Bertz CT molecular complexity index is 768. The number of halogens is 1. The molecule has 0 unspecified atom stereocenters. The van der Waals surface area contributed by atoms with Gasteiger partial charge < -0.3 is 30.7 Å². The molecule has 0 radical (unpaired) electrons. The molecular formula is C21H31ClN4O5. The predicted molar refractivity (Wildman–Crippen MR) is 117 cm³/mol. The normalized spacial score (nSPS) is 20.4. The molecule has 2 rings (SSSR count). The molecule has 0 bridgehead atoms. The first-order valence-corrected chi connectivity index (χ1v) is 10.5. The molecule has 1 aromatic carbocycles. The third kappa shape index (κ3) is 6.81. The number of ether oxygens (including phenoxy) is 2. The molecule has 1 aromatic rings. The highest BCUT2D eigenvalue weighted by Gasteiger charge is 2.41. The Morgan fingerprint density at radius 1 is 1.32 bits per heavy atom. The molecule has 31 heavy (non-hydrogen) atoms. The molecule has 0 spiro atoms. The van der Waals surface area contributed by atoms with Crippen molar-refractivity contribution < 1.29 is 23.9 Å². The van der Waals surface area contributed by atoms with E-state index < -0.39 is 29.7 Å². The van der Waals surface area contributed by atoms with E-state index in [1.165, 1.54) is 14.0 Å². The van der Waals surface area contributed by atoms with Gasteiger partial charge in [-0.2, -0.15) is 0 Å². The first-order chi connectivity index (χ1) is 14.7. The van der Waals surface area contributed by atoms with Crippen LogP contribution in [0.2, 0.25) is 5.02 Å². The van der Waals surface area contributed by atoms with Gasteiger partial charge in [0.15, 0.2) is 6.10 Å². The summed E-state index contributed by atoms with van der Waals surface area (Å²) in [5, 5.41) is 6.64. The lowest BCUT2D eigenvalue weighted by Gasteiger charge is -2.46. The summed E-state index contributed by atoms with van der Waals surface area (Å²) in [5.74, 6) is -0.921. The lowest BCUT2D eigenvalue weighted by atomic mass is 9.82. The SMILES string of the molecule is COC[C@H](NC(=O)[C@H](C)OC(N)=O)C(=O)N(C)[C@@]1(Cc2ccc(Cl)cc2)CCCNC1. The van der Waals surface area contributed by atoms with Crippen molar-refractivity contribution in [2.24, 2.45) is 5.73 Å². The Morgan fingerprint density at radius 3 is 2.55 bits per heavy atom. The number of carbonyl (C=O) groups is 3. The molecule has 1 saturated heterocycles. The van der Waals surface area contributed by atoms with Gasteiger partial charge in [0.25, 0.3) is 5.91 Å². The number of benzene rings is 1. The number of hydrogen-bond donors (Lipinski definition) is 3. The topological polar surface area (TPSA) is 123 Å². The van der Waals surface area contributed by atoms with E-state index in [1.807, 2.05) is 24.3 Å². The maximum Gasteiger partial charge on any atom is 0.405 e. The van der Waals surface area contributed by atoms with Gasteiger partial charge in [0.05, 0.1) is 12.1 Å². The zero-order valence-electron chi connectivity index (χ0n) is 18.2. The fourth-order valence-electron chi connectivity index (χ4n) is 3.82. The fourth-order valence-corrected chi connectivity index (χ4v) is 3.94. The lowest BCUT2D eigenvalue weighted by molar-refractivity contribution is -0.144. The van der Waals surface area contributed by atoms with E-state index in [-0.39, 0.29) is 12.5 Å². The quantitative estimate of drug-likeness (QED) is 0.513. The van der Waals surface area contributed by atoms with Gasteiger partial charge >= 0.3 is 6.09 Å². The number of carbonyl (C=O) groups excluding carboxylic acids is 3. The molecule has 0 aliphatic carbocycles. The number of amides is 3. The largest absolute Gasteiger partial charge is 0.437 e. The van der Waals surface area contributed by atoms with E-state index in [0.29, 0.717) is 18.0 Å². The van der Waals surface area contributed by atoms with Crippen LogP contribution in [0, 0.1) is 0 Å². The van der Waals surface area contributed by atoms with Crippen LogP contribution in [0.4, 0.5) is 4.79 Å². The first-order valence-electron chi connectivity index (χ1n) is 10.2. The smallest absolute Gasteiger partial charge is 0.405 e. The van der Waals surface area contributed by atoms with Crippen LogP contribution in [0.15, 0.2) is 24.3 Å². The summed E-state index contributed by atoms with van der Waals surface area (Å²) in [6, 6.07) is 6.63. The van der Waals surface area contributed by atoms with Crippen molar-refractivity contribution in [3.8, 4) is 0 Å². The number of rotatable bonds is 9. The number of methoxy groups -OCH3 is 1. The van der Waals surface area contributed by atoms with Crippen molar-refractivity contribution in [1.29, 1.82) is 0 Å². The Kier molecular flexibility index (Phi) is 9.09. The van der Waals surface area contributed by atoms with Gasteiger partial charge in [-0.25, -0.2) is 4.79 Å². The van der Waals surface area contributed by atoms with Gasteiger partial charge in [0.1, 0.15) is 6.04 Å². The maximum atomic E-state index is 13.4. The van der Waals surface area contributed by atoms with Gasteiger partial charge in [0.2, 0.25) is 5.91 Å². The van der Waals surface area contributed by atoms with E-state index in [0.717, 1.165) is 24.9 Å². The highest BCUT2D eigenvalue weighted by atomic mass is 35.5. The zero-order chi connectivity index (χ0) is 23.0. The van der Waals surface area contributed by atoms with Crippen LogP contribution >= 0.6 is 11.6 Å². The average molecular weight is 455 g/mol. The lowest BCUT2D eigenvalue weighted by Crippen LogP contribution is -2.63. The Labute approximate surface area is 187 Å². The minimum Gasteiger partial charge on any atom is -0.437 e. The molecule has 3 amide bonds. The molecule has 3 atom stereocenters.